The molecule has 1 fully saturated rings. The van der Waals surface area contributed by atoms with Gasteiger partial charge in [-0.3, -0.25) is 4.99 Å². The van der Waals surface area contributed by atoms with E-state index in [1.165, 1.54) is 13.0 Å². The molecule has 0 amide bonds. The molecule has 1 unspecified atom stereocenters. The van der Waals surface area contributed by atoms with E-state index in [1.807, 2.05) is 19.1 Å². The number of hydrogen-bond donors (Lipinski definition) is 2. The maximum atomic E-state index is 6.23. The number of hydrogen-bond acceptors (Lipinski definition) is 3. The van der Waals surface area contributed by atoms with Gasteiger partial charge in [0.25, 0.3) is 0 Å². The van der Waals surface area contributed by atoms with Gasteiger partial charge in [0.1, 0.15) is 0 Å². The van der Waals surface area contributed by atoms with Crippen molar-refractivity contribution in [1.29, 1.82) is 0 Å². The van der Waals surface area contributed by atoms with Crippen LogP contribution in [0, 0.1) is 0 Å². The molecule has 1 saturated heterocycles. The standard InChI is InChI=1S/C17H27Cl2N5/c1-13(15-5-4-14(18)12-16(15)19)22-17(20)21-6-9-24-8-3-7-23(2)10-11-24/h4-5,12-13H,3,6-11H2,1-2H3,(H3,20,21,22). The van der Waals surface area contributed by atoms with E-state index in [4.69, 9.17) is 28.9 Å². The van der Waals surface area contributed by atoms with Crippen molar-refractivity contribution in [2.75, 3.05) is 46.3 Å². The molecule has 0 bridgehead atoms. The van der Waals surface area contributed by atoms with Crippen LogP contribution in [0.2, 0.25) is 10.0 Å². The van der Waals surface area contributed by atoms with Gasteiger partial charge in [-0.2, -0.15) is 0 Å². The first-order valence-electron chi connectivity index (χ1n) is 8.38. The predicted octanol–water partition coefficient (Wildman–Crippen LogP) is 2.60. The Morgan fingerprint density at radius 1 is 1.29 bits per heavy atom. The van der Waals surface area contributed by atoms with Crippen molar-refractivity contribution in [2.24, 2.45) is 10.7 Å². The topological polar surface area (TPSA) is 56.9 Å². The maximum Gasteiger partial charge on any atom is 0.189 e. The van der Waals surface area contributed by atoms with E-state index in [0.29, 0.717) is 22.5 Å². The monoisotopic (exact) mass is 371 g/mol. The van der Waals surface area contributed by atoms with Gasteiger partial charge in [-0.25, -0.2) is 0 Å². The maximum absolute atomic E-state index is 6.23. The molecule has 0 radical (unpaired) electrons. The number of benzene rings is 1. The van der Waals surface area contributed by atoms with Crippen LogP contribution in [0.5, 0.6) is 0 Å². The molecular formula is C17H27Cl2N5. The molecule has 3 N–H and O–H groups in total. The Hall–Kier alpha value is -1.01. The highest BCUT2D eigenvalue weighted by molar-refractivity contribution is 6.35. The van der Waals surface area contributed by atoms with Crippen LogP contribution in [0.4, 0.5) is 0 Å². The molecule has 24 heavy (non-hydrogen) atoms. The summed E-state index contributed by atoms with van der Waals surface area (Å²) in [6.07, 6.45) is 1.21. The van der Waals surface area contributed by atoms with Gasteiger partial charge in [0.15, 0.2) is 5.96 Å². The molecule has 2 rings (SSSR count). The van der Waals surface area contributed by atoms with Crippen molar-refractivity contribution in [3.8, 4) is 0 Å². The summed E-state index contributed by atoms with van der Waals surface area (Å²) in [6, 6.07) is 5.44. The molecular weight excluding hydrogens is 345 g/mol. The minimum atomic E-state index is -0.0228. The molecule has 1 aliphatic rings. The number of halogens is 2. The molecule has 0 aromatic heterocycles. The summed E-state index contributed by atoms with van der Waals surface area (Å²) in [6.45, 7) is 8.14. The first kappa shape index (κ1) is 19.3. The van der Waals surface area contributed by atoms with Crippen molar-refractivity contribution in [3.05, 3.63) is 33.8 Å². The second-order valence-corrected chi connectivity index (χ2v) is 7.14. The van der Waals surface area contributed by atoms with Crippen LogP contribution in [0.15, 0.2) is 23.2 Å². The molecule has 1 aromatic rings. The van der Waals surface area contributed by atoms with Crippen LogP contribution < -0.4 is 11.1 Å². The van der Waals surface area contributed by atoms with E-state index in [9.17, 15) is 0 Å². The molecule has 7 heteroatoms. The minimum Gasteiger partial charge on any atom is -0.370 e. The van der Waals surface area contributed by atoms with Crippen molar-refractivity contribution in [2.45, 2.75) is 19.4 Å². The summed E-state index contributed by atoms with van der Waals surface area (Å²) in [4.78, 5) is 9.26. The van der Waals surface area contributed by atoms with Gasteiger partial charge in [-0.1, -0.05) is 29.3 Å². The zero-order valence-electron chi connectivity index (χ0n) is 14.4. The van der Waals surface area contributed by atoms with Gasteiger partial charge in [0.05, 0.1) is 12.6 Å². The summed E-state index contributed by atoms with van der Waals surface area (Å²) in [5.41, 5.74) is 6.96. The third-order valence-electron chi connectivity index (χ3n) is 4.30. The van der Waals surface area contributed by atoms with Gasteiger partial charge >= 0.3 is 0 Å². The smallest absolute Gasteiger partial charge is 0.189 e. The molecule has 1 atom stereocenters. The van der Waals surface area contributed by atoms with Crippen LogP contribution in [0.25, 0.3) is 0 Å². The first-order chi connectivity index (χ1) is 11.5. The molecule has 0 aliphatic carbocycles. The van der Waals surface area contributed by atoms with E-state index in [2.05, 4.69) is 27.2 Å². The third-order valence-corrected chi connectivity index (χ3v) is 4.87. The fourth-order valence-electron chi connectivity index (χ4n) is 2.83. The van der Waals surface area contributed by atoms with Crippen LogP contribution in [0.3, 0.4) is 0 Å². The summed E-state index contributed by atoms with van der Waals surface area (Å²) in [5.74, 6) is 0.445. The first-order valence-corrected chi connectivity index (χ1v) is 9.13. The van der Waals surface area contributed by atoms with Gasteiger partial charge in [-0.15, -0.1) is 0 Å². The number of nitrogens with zero attached hydrogens (tertiary/aromatic N) is 3. The molecule has 1 aliphatic heterocycles. The molecule has 1 aromatic carbocycles. The summed E-state index contributed by atoms with van der Waals surface area (Å²) < 4.78 is 0. The van der Waals surface area contributed by atoms with E-state index >= 15 is 0 Å². The zero-order valence-corrected chi connectivity index (χ0v) is 15.9. The van der Waals surface area contributed by atoms with Crippen LogP contribution in [-0.4, -0.2) is 62.1 Å². The summed E-state index contributed by atoms with van der Waals surface area (Å²) in [7, 11) is 2.17. The van der Waals surface area contributed by atoms with E-state index in [-0.39, 0.29) is 6.04 Å². The number of likely N-dealkylation sites (N-methyl/N-ethyl adjacent to an activating group) is 1. The van der Waals surface area contributed by atoms with Crippen LogP contribution >= 0.6 is 23.2 Å². The Kier molecular flexibility index (Phi) is 7.62. The fourth-order valence-corrected chi connectivity index (χ4v) is 3.41. The van der Waals surface area contributed by atoms with Crippen LogP contribution in [0.1, 0.15) is 24.9 Å². The van der Waals surface area contributed by atoms with E-state index in [0.717, 1.165) is 31.7 Å². The molecule has 5 nitrogen and oxygen atoms in total. The Morgan fingerprint density at radius 3 is 2.83 bits per heavy atom. The van der Waals surface area contributed by atoms with E-state index < -0.39 is 0 Å². The highest BCUT2D eigenvalue weighted by Crippen LogP contribution is 2.25. The molecule has 0 spiro atoms. The Morgan fingerprint density at radius 2 is 2.08 bits per heavy atom. The zero-order chi connectivity index (χ0) is 17.5. The van der Waals surface area contributed by atoms with Crippen molar-refractivity contribution in [1.82, 2.24) is 15.1 Å². The largest absolute Gasteiger partial charge is 0.370 e. The Balaban J connectivity index is 1.80. The average Bonchev–Trinajstić information content (AvgIpc) is 2.71. The molecule has 1 heterocycles. The van der Waals surface area contributed by atoms with Crippen LogP contribution in [-0.2, 0) is 0 Å². The van der Waals surface area contributed by atoms with Crippen molar-refractivity contribution in [3.63, 3.8) is 0 Å². The number of nitrogens with one attached hydrogen (secondary N) is 1. The second kappa shape index (κ2) is 9.47. The Bertz CT molecular complexity index is 564. The third kappa shape index (κ3) is 6.13. The average molecular weight is 372 g/mol. The van der Waals surface area contributed by atoms with Gasteiger partial charge < -0.3 is 20.9 Å². The molecule has 134 valence electrons. The number of nitrogens with two attached hydrogens (primary N) is 1. The second-order valence-electron chi connectivity index (χ2n) is 6.30. The lowest BCUT2D eigenvalue weighted by Gasteiger charge is -2.19. The van der Waals surface area contributed by atoms with Crippen molar-refractivity contribution >= 4 is 29.2 Å². The predicted molar refractivity (Wildman–Crippen MR) is 103 cm³/mol. The summed E-state index contributed by atoms with van der Waals surface area (Å²) >= 11 is 12.2. The highest BCUT2D eigenvalue weighted by atomic mass is 35.5. The fraction of sp³-hybridized carbons (Fsp3) is 0.588. The lowest BCUT2D eigenvalue weighted by atomic mass is 10.1. The highest BCUT2D eigenvalue weighted by Gasteiger charge is 2.12. The number of rotatable bonds is 5. The SMILES string of the molecule is CC(NC(N)=NCCN1CCCN(C)CC1)c1ccc(Cl)cc1Cl. The lowest BCUT2D eigenvalue weighted by molar-refractivity contribution is 0.283. The van der Waals surface area contributed by atoms with E-state index in [1.54, 1.807) is 6.07 Å². The quantitative estimate of drug-likeness (QED) is 0.616. The summed E-state index contributed by atoms with van der Waals surface area (Å²) in [5, 5.41) is 4.44. The van der Waals surface area contributed by atoms with Gasteiger partial charge in [-0.05, 0) is 51.2 Å². The lowest BCUT2D eigenvalue weighted by Crippen LogP contribution is -2.35. The number of guanidine groups is 1. The minimum absolute atomic E-state index is 0.0228. The normalized spacial score (nSPS) is 19.1. The molecule has 0 saturated carbocycles. The van der Waals surface area contributed by atoms with Gasteiger partial charge in [0.2, 0.25) is 0 Å². The van der Waals surface area contributed by atoms with Gasteiger partial charge in [0, 0.05) is 29.7 Å². The number of aliphatic imine (C=N–C) groups is 1. The van der Waals surface area contributed by atoms with Crippen molar-refractivity contribution < 1.29 is 0 Å². The Labute approximate surface area is 154 Å².